The summed E-state index contributed by atoms with van der Waals surface area (Å²) in [7, 11) is 0. The highest BCUT2D eigenvalue weighted by atomic mass is 79.9. The van der Waals surface area contributed by atoms with Crippen molar-refractivity contribution in [2.24, 2.45) is 0 Å². The topological polar surface area (TPSA) is 153 Å². The van der Waals surface area contributed by atoms with Crippen LogP contribution >= 0.6 is 15.9 Å². The number of nitrogens with zero attached hydrogens (tertiary/aromatic N) is 2. The third-order valence-electron chi connectivity index (χ3n) is 5.80. The van der Waals surface area contributed by atoms with Gasteiger partial charge in [-0.05, 0) is 63.5 Å². The maximum absolute atomic E-state index is 13.4. The van der Waals surface area contributed by atoms with Gasteiger partial charge in [-0.3, -0.25) is 9.59 Å². The molecule has 0 atom stereocenters. The Morgan fingerprint density at radius 2 is 1.78 bits per heavy atom. The number of aliphatic carboxylic acids is 1. The van der Waals surface area contributed by atoms with Crippen LogP contribution < -0.4 is 10.6 Å². The average molecular weight is 559 g/mol. The monoisotopic (exact) mass is 558 g/mol. The van der Waals surface area contributed by atoms with E-state index in [4.69, 9.17) is 5.11 Å². The van der Waals surface area contributed by atoms with Crippen LogP contribution in [0.1, 0.15) is 26.3 Å². The van der Waals surface area contributed by atoms with Crippen LogP contribution in [0.15, 0.2) is 77.5 Å². The first kappa shape index (κ1) is 23.9. The molecule has 184 valence electrons. The molecular weight excluding hydrogens is 540 g/mol. The Labute approximate surface area is 217 Å². The summed E-state index contributed by atoms with van der Waals surface area (Å²) in [5.41, 5.74) is 4.86. The van der Waals surface area contributed by atoms with Crippen LogP contribution in [-0.2, 0) is 11.3 Å². The lowest BCUT2D eigenvalue weighted by Crippen LogP contribution is -2.24. The van der Waals surface area contributed by atoms with E-state index in [9.17, 15) is 14.4 Å². The summed E-state index contributed by atoms with van der Waals surface area (Å²) in [5, 5.41) is 26.0. The molecule has 0 saturated carbocycles. The van der Waals surface area contributed by atoms with Crippen LogP contribution in [0.25, 0.3) is 33.1 Å². The molecule has 5 aromatic rings. The quantitative estimate of drug-likeness (QED) is 0.189. The fourth-order valence-corrected chi connectivity index (χ4v) is 4.82. The van der Waals surface area contributed by atoms with Gasteiger partial charge in [0.15, 0.2) is 0 Å². The minimum atomic E-state index is -1.19. The van der Waals surface area contributed by atoms with Gasteiger partial charge in [0.25, 0.3) is 11.8 Å². The zero-order valence-electron chi connectivity index (χ0n) is 19.1. The van der Waals surface area contributed by atoms with E-state index < -0.39 is 11.9 Å². The number of benzene rings is 3. The molecule has 37 heavy (non-hydrogen) atoms. The average Bonchev–Trinajstić information content (AvgIpc) is 3.56. The first-order chi connectivity index (χ1) is 17.9. The van der Waals surface area contributed by atoms with Crippen LogP contribution in [0.3, 0.4) is 0 Å². The van der Waals surface area contributed by atoms with Gasteiger partial charge in [-0.25, -0.2) is 4.79 Å². The molecule has 0 saturated heterocycles. The van der Waals surface area contributed by atoms with Crippen molar-refractivity contribution in [1.29, 1.82) is 0 Å². The number of halogens is 1. The first-order valence-electron chi connectivity index (χ1n) is 11.1. The summed E-state index contributed by atoms with van der Waals surface area (Å²) in [5.74, 6) is -2.07. The maximum atomic E-state index is 13.4. The smallest absolute Gasteiger partial charge is 0.329 e. The second-order valence-electron chi connectivity index (χ2n) is 8.06. The number of hydrogen-bond acceptors (Lipinski definition) is 5. The van der Waals surface area contributed by atoms with Crippen LogP contribution in [-0.4, -0.2) is 43.3 Å². The second-order valence-corrected chi connectivity index (χ2v) is 8.85. The van der Waals surface area contributed by atoms with E-state index in [0.717, 1.165) is 28.7 Å². The highest BCUT2D eigenvalue weighted by molar-refractivity contribution is 9.10. The molecule has 11 heteroatoms. The Hall–Kier alpha value is -4.77. The molecule has 3 aromatic carbocycles. The highest BCUT2D eigenvalue weighted by Gasteiger charge is 2.22. The molecule has 0 spiro atoms. The molecule has 10 nitrogen and oxygen atoms in total. The largest absolute Gasteiger partial charge is 0.478 e. The summed E-state index contributed by atoms with van der Waals surface area (Å²) in [6.07, 6.45) is 3.71. The molecule has 0 aliphatic rings. The summed E-state index contributed by atoms with van der Waals surface area (Å²) in [6, 6.07) is 16.2. The number of carboxylic acids is 1. The Bertz CT molecular complexity index is 1700. The Morgan fingerprint density at radius 1 is 0.973 bits per heavy atom. The number of aromatic amines is 2. The predicted octanol–water partition coefficient (Wildman–Crippen LogP) is 4.13. The lowest BCUT2D eigenvalue weighted by molar-refractivity contribution is -0.131. The summed E-state index contributed by atoms with van der Waals surface area (Å²) < 4.78 is 0.372. The maximum Gasteiger partial charge on any atom is 0.329 e. The van der Waals surface area contributed by atoms with E-state index in [1.165, 1.54) is 6.07 Å². The van der Waals surface area contributed by atoms with Gasteiger partial charge in [-0.1, -0.05) is 18.2 Å². The van der Waals surface area contributed by atoms with E-state index in [0.29, 0.717) is 38.7 Å². The molecule has 0 aliphatic heterocycles. The van der Waals surface area contributed by atoms with Crippen LogP contribution in [0.4, 0.5) is 0 Å². The number of aromatic nitrogens is 4. The SMILES string of the molecule is O=C(O)C=CNC(=O)c1ccc(C(=O)NCc2cccc3[nH]ccc23)c(-c2ccc3n[nH]nc3c2)c1Br. The first-order valence-corrected chi connectivity index (χ1v) is 11.9. The van der Waals surface area contributed by atoms with Gasteiger partial charge in [0.2, 0.25) is 0 Å². The normalized spacial score (nSPS) is 11.3. The second kappa shape index (κ2) is 10.1. The third-order valence-corrected chi connectivity index (χ3v) is 6.62. The van der Waals surface area contributed by atoms with Gasteiger partial charge in [0, 0.05) is 51.5 Å². The number of amides is 2. The minimum Gasteiger partial charge on any atom is -0.478 e. The molecule has 0 radical (unpaired) electrons. The molecular formula is C26H19BrN6O4. The number of H-pyrrole nitrogens is 2. The number of fused-ring (bicyclic) bond motifs is 2. The van der Waals surface area contributed by atoms with Crippen molar-refractivity contribution in [1.82, 2.24) is 31.0 Å². The van der Waals surface area contributed by atoms with Crippen molar-refractivity contribution in [3.63, 3.8) is 0 Å². The van der Waals surface area contributed by atoms with Crippen LogP contribution in [0, 0.1) is 0 Å². The molecule has 2 aromatic heterocycles. The predicted molar refractivity (Wildman–Crippen MR) is 141 cm³/mol. The van der Waals surface area contributed by atoms with Crippen molar-refractivity contribution in [3.05, 3.63) is 94.2 Å². The number of hydrogen-bond donors (Lipinski definition) is 5. The van der Waals surface area contributed by atoms with Crippen molar-refractivity contribution in [2.45, 2.75) is 6.54 Å². The molecule has 0 fully saturated rings. The highest BCUT2D eigenvalue weighted by Crippen LogP contribution is 2.36. The van der Waals surface area contributed by atoms with Crippen molar-refractivity contribution >= 4 is 55.6 Å². The summed E-state index contributed by atoms with van der Waals surface area (Å²) in [4.78, 5) is 40.1. The molecule has 2 amide bonds. The fourth-order valence-electron chi connectivity index (χ4n) is 4.06. The van der Waals surface area contributed by atoms with Crippen LogP contribution in [0.5, 0.6) is 0 Å². The number of carbonyl (C=O) groups excluding carboxylic acids is 2. The zero-order valence-corrected chi connectivity index (χ0v) is 20.7. The fraction of sp³-hybridized carbons (Fsp3) is 0.0385. The summed E-state index contributed by atoms with van der Waals surface area (Å²) in [6.45, 7) is 0.301. The van der Waals surface area contributed by atoms with E-state index in [1.807, 2.05) is 30.5 Å². The molecule has 0 bridgehead atoms. The van der Waals surface area contributed by atoms with Gasteiger partial charge in [-0.2, -0.15) is 15.4 Å². The zero-order chi connectivity index (χ0) is 25.9. The molecule has 5 rings (SSSR count). The van der Waals surface area contributed by atoms with Gasteiger partial charge < -0.3 is 20.7 Å². The van der Waals surface area contributed by atoms with Crippen molar-refractivity contribution in [3.8, 4) is 11.1 Å². The molecule has 0 aliphatic carbocycles. The van der Waals surface area contributed by atoms with Gasteiger partial charge >= 0.3 is 5.97 Å². The van der Waals surface area contributed by atoms with Crippen LogP contribution in [0.2, 0.25) is 0 Å². The third kappa shape index (κ3) is 4.84. The van der Waals surface area contributed by atoms with E-state index in [1.54, 1.807) is 24.3 Å². The van der Waals surface area contributed by atoms with Crippen molar-refractivity contribution in [2.75, 3.05) is 0 Å². The Kier molecular flexibility index (Phi) is 6.52. The van der Waals surface area contributed by atoms with Gasteiger partial charge in [0.1, 0.15) is 11.0 Å². The minimum absolute atomic E-state index is 0.221. The number of nitrogens with one attached hydrogen (secondary N) is 4. The molecule has 2 heterocycles. The van der Waals surface area contributed by atoms with Gasteiger partial charge in [-0.15, -0.1) is 0 Å². The van der Waals surface area contributed by atoms with E-state index in [2.05, 4.69) is 47.0 Å². The number of carboxylic acid groups (broad SMARTS) is 1. The lowest BCUT2D eigenvalue weighted by atomic mass is 9.95. The Morgan fingerprint density at radius 3 is 2.62 bits per heavy atom. The standard InChI is InChI=1S/C26H19BrN6O4/c27-24-18(26(37)29-11-9-22(34)35)6-5-17(23(24)14-4-7-20-21(12-14)32-33-31-20)25(36)30-13-15-2-1-3-19-16(15)8-10-28-19/h1-12,28H,13H2,(H,29,37)(H,30,36)(H,34,35)(H,31,32,33). The lowest BCUT2D eigenvalue weighted by Gasteiger charge is -2.15. The van der Waals surface area contributed by atoms with Gasteiger partial charge in [0.05, 0.1) is 5.56 Å². The van der Waals surface area contributed by atoms with E-state index >= 15 is 0 Å². The van der Waals surface area contributed by atoms with E-state index in [-0.39, 0.29) is 11.5 Å². The molecule has 0 unspecified atom stereocenters. The Balaban J connectivity index is 1.52. The number of rotatable bonds is 7. The van der Waals surface area contributed by atoms with Crippen molar-refractivity contribution < 1.29 is 19.5 Å². The number of carbonyl (C=O) groups is 3. The summed E-state index contributed by atoms with van der Waals surface area (Å²) >= 11 is 3.51. The molecule has 5 N–H and O–H groups in total.